The van der Waals surface area contributed by atoms with E-state index in [4.69, 9.17) is 0 Å². The van der Waals surface area contributed by atoms with Crippen LogP contribution < -0.4 is 5.32 Å². The maximum atomic E-state index is 3.88. The van der Waals surface area contributed by atoms with E-state index >= 15 is 0 Å². The number of benzene rings is 1. The van der Waals surface area contributed by atoms with E-state index in [-0.39, 0.29) is 5.54 Å². The Labute approximate surface area is 118 Å². The number of hydrogen-bond donors (Lipinski definition) is 1. The molecule has 1 aromatic carbocycles. The monoisotopic (exact) mass is 259 g/mol. The fourth-order valence-electron chi connectivity index (χ4n) is 3.49. The van der Waals surface area contributed by atoms with E-state index in [9.17, 15) is 0 Å². The molecule has 1 heterocycles. The first-order valence-corrected chi connectivity index (χ1v) is 8.15. The van der Waals surface area contributed by atoms with Crippen LogP contribution in [0.1, 0.15) is 69.9 Å². The summed E-state index contributed by atoms with van der Waals surface area (Å²) < 4.78 is 0. The van der Waals surface area contributed by atoms with Gasteiger partial charge >= 0.3 is 0 Å². The van der Waals surface area contributed by atoms with Crippen LogP contribution in [0.25, 0.3) is 0 Å². The van der Waals surface area contributed by atoms with Crippen molar-refractivity contribution in [2.75, 3.05) is 6.54 Å². The highest BCUT2D eigenvalue weighted by Gasteiger charge is 2.31. The molecule has 0 aromatic heterocycles. The number of nitrogens with one attached hydrogen (secondary N) is 1. The summed E-state index contributed by atoms with van der Waals surface area (Å²) in [6, 6.07) is 9.33. The van der Waals surface area contributed by atoms with E-state index in [0.717, 1.165) is 0 Å². The Morgan fingerprint density at radius 2 is 2.00 bits per heavy atom. The van der Waals surface area contributed by atoms with Crippen LogP contribution in [0, 0.1) is 0 Å². The lowest BCUT2D eigenvalue weighted by atomic mass is 9.81. The Morgan fingerprint density at radius 3 is 2.79 bits per heavy atom. The Kier molecular flexibility index (Phi) is 5.45. The minimum Gasteiger partial charge on any atom is -0.307 e. The van der Waals surface area contributed by atoms with Crippen molar-refractivity contribution in [3.63, 3.8) is 0 Å². The molecule has 1 fully saturated rings. The van der Waals surface area contributed by atoms with Gasteiger partial charge in [-0.25, -0.2) is 0 Å². The first-order chi connectivity index (χ1) is 9.30. The summed E-state index contributed by atoms with van der Waals surface area (Å²) in [6.45, 7) is 5.75. The van der Waals surface area contributed by atoms with Crippen LogP contribution in [0.4, 0.5) is 0 Å². The molecule has 2 rings (SSSR count). The largest absolute Gasteiger partial charge is 0.307 e. The third kappa shape index (κ3) is 3.60. The van der Waals surface area contributed by atoms with Crippen LogP contribution in [0.15, 0.2) is 24.3 Å². The summed E-state index contributed by atoms with van der Waals surface area (Å²) in [5, 5.41) is 3.88. The van der Waals surface area contributed by atoms with Crippen molar-refractivity contribution < 1.29 is 0 Å². The molecule has 1 nitrogen and oxygen atoms in total. The predicted molar refractivity (Wildman–Crippen MR) is 83.5 cm³/mol. The summed E-state index contributed by atoms with van der Waals surface area (Å²) in [5.41, 5.74) is 3.28. The SMILES string of the molecule is CCCc1cccc(C2(CCC)CCCCCN2)c1. The summed E-state index contributed by atoms with van der Waals surface area (Å²) in [4.78, 5) is 0. The molecule has 1 aliphatic heterocycles. The van der Waals surface area contributed by atoms with Gasteiger partial charge in [0.15, 0.2) is 0 Å². The highest BCUT2D eigenvalue weighted by molar-refractivity contribution is 5.30. The van der Waals surface area contributed by atoms with E-state index < -0.39 is 0 Å². The molecular formula is C18H29N. The quantitative estimate of drug-likeness (QED) is 0.801. The molecule has 19 heavy (non-hydrogen) atoms. The van der Waals surface area contributed by atoms with Gasteiger partial charge in [0.2, 0.25) is 0 Å². The van der Waals surface area contributed by atoms with Gasteiger partial charge in [-0.1, -0.05) is 63.8 Å². The molecule has 1 atom stereocenters. The highest BCUT2D eigenvalue weighted by atomic mass is 15.0. The molecule has 1 unspecified atom stereocenters. The molecule has 0 saturated carbocycles. The molecule has 0 bridgehead atoms. The van der Waals surface area contributed by atoms with Gasteiger partial charge in [-0.2, -0.15) is 0 Å². The van der Waals surface area contributed by atoms with Crippen molar-refractivity contribution in [2.45, 2.75) is 70.8 Å². The highest BCUT2D eigenvalue weighted by Crippen LogP contribution is 2.34. The lowest BCUT2D eigenvalue weighted by Crippen LogP contribution is -2.41. The second kappa shape index (κ2) is 7.09. The molecule has 0 amide bonds. The van der Waals surface area contributed by atoms with Gasteiger partial charge in [-0.3, -0.25) is 0 Å². The van der Waals surface area contributed by atoms with E-state index in [1.54, 1.807) is 0 Å². The second-order valence-corrected chi connectivity index (χ2v) is 6.02. The zero-order chi connectivity index (χ0) is 13.6. The third-order valence-corrected chi connectivity index (χ3v) is 4.44. The molecule has 1 saturated heterocycles. The molecular weight excluding hydrogens is 230 g/mol. The van der Waals surface area contributed by atoms with E-state index in [1.807, 2.05) is 0 Å². The Bertz CT molecular complexity index is 375. The minimum absolute atomic E-state index is 0.245. The summed E-state index contributed by atoms with van der Waals surface area (Å²) >= 11 is 0. The lowest BCUT2D eigenvalue weighted by Gasteiger charge is -2.35. The third-order valence-electron chi connectivity index (χ3n) is 4.44. The fourth-order valence-corrected chi connectivity index (χ4v) is 3.49. The standard InChI is InChI=1S/C18H29N/c1-3-9-16-10-8-11-17(15-16)18(12-4-2)13-6-5-7-14-19-18/h8,10-11,15,19H,3-7,9,12-14H2,1-2H3. The summed E-state index contributed by atoms with van der Waals surface area (Å²) in [5.74, 6) is 0. The van der Waals surface area contributed by atoms with Gasteiger partial charge in [-0.15, -0.1) is 0 Å². The maximum absolute atomic E-state index is 3.88. The van der Waals surface area contributed by atoms with Crippen LogP contribution in [0.5, 0.6) is 0 Å². The molecule has 1 aliphatic rings. The van der Waals surface area contributed by atoms with Gasteiger partial charge in [0.05, 0.1) is 0 Å². The molecule has 0 spiro atoms. The predicted octanol–water partition coefficient (Wildman–Crippen LogP) is 4.80. The van der Waals surface area contributed by atoms with Gasteiger partial charge in [0, 0.05) is 5.54 Å². The van der Waals surface area contributed by atoms with E-state index in [1.165, 1.54) is 69.0 Å². The topological polar surface area (TPSA) is 12.0 Å². The van der Waals surface area contributed by atoms with E-state index in [2.05, 4.69) is 43.4 Å². The smallest absolute Gasteiger partial charge is 0.0434 e. The Hall–Kier alpha value is -0.820. The van der Waals surface area contributed by atoms with Crippen LogP contribution >= 0.6 is 0 Å². The molecule has 0 radical (unpaired) electrons. The average Bonchev–Trinajstić information content (AvgIpc) is 2.67. The fraction of sp³-hybridized carbons (Fsp3) is 0.667. The molecule has 1 aromatic rings. The van der Waals surface area contributed by atoms with Crippen molar-refractivity contribution in [1.29, 1.82) is 0 Å². The van der Waals surface area contributed by atoms with Crippen LogP contribution in [-0.2, 0) is 12.0 Å². The number of aryl methyl sites for hydroxylation is 1. The van der Waals surface area contributed by atoms with Crippen LogP contribution in [0.3, 0.4) is 0 Å². The Morgan fingerprint density at radius 1 is 1.11 bits per heavy atom. The lowest BCUT2D eigenvalue weighted by molar-refractivity contribution is 0.297. The first kappa shape index (κ1) is 14.6. The van der Waals surface area contributed by atoms with Crippen molar-refractivity contribution >= 4 is 0 Å². The van der Waals surface area contributed by atoms with Gasteiger partial charge < -0.3 is 5.32 Å². The van der Waals surface area contributed by atoms with Crippen LogP contribution in [-0.4, -0.2) is 6.54 Å². The molecule has 1 N–H and O–H groups in total. The number of rotatable bonds is 5. The normalized spacial score (nSPS) is 24.1. The van der Waals surface area contributed by atoms with Crippen molar-refractivity contribution in [1.82, 2.24) is 5.32 Å². The van der Waals surface area contributed by atoms with Crippen molar-refractivity contribution in [3.05, 3.63) is 35.4 Å². The average molecular weight is 259 g/mol. The van der Waals surface area contributed by atoms with Gasteiger partial charge in [0.25, 0.3) is 0 Å². The van der Waals surface area contributed by atoms with E-state index in [0.29, 0.717) is 0 Å². The zero-order valence-corrected chi connectivity index (χ0v) is 12.7. The minimum atomic E-state index is 0.245. The van der Waals surface area contributed by atoms with Crippen LogP contribution in [0.2, 0.25) is 0 Å². The number of hydrogen-bond acceptors (Lipinski definition) is 1. The zero-order valence-electron chi connectivity index (χ0n) is 12.7. The second-order valence-electron chi connectivity index (χ2n) is 6.02. The molecule has 0 aliphatic carbocycles. The molecule has 106 valence electrons. The van der Waals surface area contributed by atoms with Gasteiger partial charge in [0.1, 0.15) is 0 Å². The maximum Gasteiger partial charge on any atom is 0.0434 e. The first-order valence-electron chi connectivity index (χ1n) is 8.15. The van der Waals surface area contributed by atoms with Crippen molar-refractivity contribution in [2.24, 2.45) is 0 Å². The Balaban J connectivity index is 2.28. The molecule has 1 heteroatoms. The summed E-state index contributed by atoms with van der Waals surface area (Å²) in [7, 11) is 0. The van der Waals surface area contributed by atoms with Gasteiger partial charge in [-0.05, 0) is 43.4 Å². The van der Waals surface area contributed by atoms with Crippen molar-refractivity contribution in [3.8, 4) is 0 Å². The summed E-state index contributed by atoms with van der Waals surface area (Å²) in [6.07, 6.45) is 10.3.